The Morgan fingerprint density at radius 2 is 1.80 bits per heavy atom. The second-order valence-corrected chi connectivity index (χ2v) is 5.25. The zero-order valence-electron chi connectivity index (χ0n) is 11.9. The molecule has 1 atom stereocenters. The molecule has 0 bridgehead atoms. The largest absolute Gasteiger partial charge is 0.491 e. The van der Waals surface area contributed by atoms with Gasteiger partial charge >= 0.3 is 0 Å². The molecule has 3 nitrogen and oxygen atoms in total. The molecule has 20 heavy (non-hydrogen) atoms. The lowest BCUT2D eigenvalue weighted by molar-refractivity contribution is 0.242. The van der Waals surface area contributed by atoms with E-state index < -0.39 is 5.54 Å². The van der Waals surface area contributed by atoms with Crippen molar-refractivity contribution in [3.8, 4) is 5.75 Å². The number of benzene rings is 1. The van der Waals surface area contributed by atoms with Gasteiger partial charge in [0, 0.05) is 0 Å². The summed E-state index contributed by atoms with van der Waals surface area (Å²) >= 11 is 0. The van der Waals surface area contributed by atoms with Crippen molar-refractivity contribution in [2.24, 2.45) is 5.73 Å². The zero-order valence-corrected chi connectivity index (χ0v) is 11.9. The minimum atomic E-state index is -0.774. The van der Waals surface area contributed by atoms with Gasteiger partial charge in [0.1, 0.15) is 11.6 Å². The molecule has 1 aromatic heterocycles. The van der Waals surface area contributed by atoms with Gasteiger partial charge in [0.15, 0.2) is 0 Å². The van der Waals surface area contributed by atoms with Gasteiger partial charge in [-0.3, -0.25) is 4.98 Å². The first-order valence-corrected chi connectivity index (χ1v) is 6.57. The molecule has 0 aliphatic heterocycles. The summed E-state index contributed by atoms with van der Waals surface area (Å²) in [7, 11) is 0. The Kier molecular flexibility index (Phi) is 4.04. The number of hydrogen-bond donors (Lipinski definition) is 1. The van der Waals surface area contributed by atoms with Gasteiger partial charge in [-0.2, -0.15) is 0 Å². The fourth-order valence-electron chi connectivity index (χ4n) is 1.98. The first-order chi connectivity index (χ1) is 9.39. The van der Waals surface area contributed by atoms with Crippen molar-refractivity contribution in [1.82, 2.24) is 4.98 Å². The maximum Gasteiger partial charge on any atom is 0.141 e. The van der Waals surface area contributed by atoms with E-state index in [0.29, 0.717) is 5.69 Å². The summed E-state index contributed by atoms with van der Waals surface area (Å²) in [5.74, 6) is 0.428. The van der Waals surface area contributed by atoms with Gasteiger partial charge in [-0.05, 0) is 50.6 Å². The molecule has 0 spiro atoms. The second kappa shape index (κ2) is 5.59. The SMILES string of the molecule is CC(C)Oc1ccc(C(C)(N)c2ccc(F)cn2)cc1. The quantitative estimate of drug-likeness (QED) is 0.931. The molecule has 1 heterocycles. The highest BCUT2D eigenvalue weighted by Gasteiger charge is 2.25. The molecule has 106 valence electrons. The zero-order chi connectivity index (χ0) is 14.8. The van der Waals surface area contributed by atoms with E-state index in [4.69, 9.17) is 10.5 Å². The number of nitrogens with zero attached hydrogens (tertiary/aromatic N) is 1. The highest BCUT2D eigenvalue weighted by molar-refractivity contribution is 5.37. The molecular formula is C16H19FN2O. The minimum Gasteiger partial charge on any atom is -0.491 e. The molecule has 4 heteroatoms. The fourth-order valence-corrected chi connectivity index (χ4v) is 1.98. The Morgan fingerprint density at radius 1 is 1.15 bits per heavy atom. The predicted molar refractivity (Wildman–Crippen MR) is 77.0 cm³/mol. The number of pyridine rings is 1. The van der Waals surface area contributed by atoms with Crippen LogP contribution in [0.25, 0.3) is 0 Å². The first kappa shape index (κ1) is 14.5. The van der Waals surface area contributed by atoms with Crippen molar-refractivity contribution in [2.45, 2.75) is 32.4 Å². The summed E-state index contributed by atoms with van der Waals surface area (Å²) in [5.41, 5.74) is 7.08. The monoisotopic (exact) mass is 274 g/mol. The third-order valence-corrected chi connectivity index (χ3v) is 3.09. The number of halogens is 1. The highest BCUT2D eigenvalue weighted by atomic mass is 19.1. The van der Waals surface area contributed by atoms with E-state index in [2.05, 4.69) is 4.98 Å². The molecule has 0 saturated heterocycles. The van der Waals surface area contributed by atoms with Crippen molar-refractivity contribution in [1.29, 1.82) is 0 Å². The third kappa shape index (κ3) is 3.14. The Hall–Kier alpha value is -1.94. The Morgan fingerprint density at radius 3 is 2.30 bits per heavy atom. The normalized spacial score (nSPS) is 14.1. The highest BCUT2D eigenvalue weighted by Crippen LogP contribution is 2.26. The van der Waals surface area contributed by atoms with Crippen LogP contribution in [0.4, 0.5) is 4.39 Å². The molecule has 0 amide bonds. The van der Waals surface area contributed by atoms with E-state index in [1.54, 1.807) is 6.07 Å². The average molecular weight is 274 g/mol. The summed E-state index contributed by atoms with van der Waals surface area (Å²) in [6.45, 7) is 5.80. The molecule has 0 aliphatic rings. The Bertz CT molecular complexity index is 562. The maximum atomic E-state index is 12.9. The third-order valence-electron chi connectivity index (χ3n) is 3.09. The summed E-state index contributed by atoms with van der Waals surface area (Å²) in [6, 6.07) is 10.5. The number of hydrogen-bond acceptors (Lipinski definition) is 3. The smallest absolute Gasteiger partial charge is 0.141 e. The van der Waals surface area contributed by atoms with Gasteiger partial charge < -0.3 is 10.5 Å². The lowest BCUT2D eigenvalue weighted by Gasteiger charge is -2.25. The molecule has 2 N–H and O–H groups in total. The average Bonchev–Trinajstić information content (AvgIpc) is 2.39. The molecule has 0 aliphatic carbocycles. The Balaban J connectivity index is 2.27. The summed E-state index contributed by atoms with van der Waals surface area (Å²) in [6.07, 6.45) is 1.31. The second-order valence-electron chi connectivity index (χ2n) is 5.25. The molecule has 0 saturated carbocycles. The molecule has 1 unspecified atom stereocenters. The van der Waals surface area contributed by atoms with Crippen molar-refractivity contribution >= 4 is 0 Å². The fraction of sp³-hybridized carbons (Fsp3) is 0.312. The van der Waals surface area contributed by atoms with Crippen LogP contribution < -0.4 is 10.5 Å². The van der Waals surface area contributed by atoms with Crippen molar-refractivity contribution in [3.63, 3.8) is 0 Å². The van der Waals surface area contributed by atoms with Gasteiger partial charge in [-0.25, -0.2) is 4.39 Å². The van der Waals surface area contributed by atoms with E-state index in [9.17, 15) is 4.39 Å². The number of ether oxygens (including phenoxy) is 1. The van der Waals surface area contributed by atoms with Crippen LogP contribution in [0.1, 0.15) is 32.0 Å². The molecule has 1 aromatic carbocycles. The van der Waals surface area contributed by atoms with Gasteiger partial charge in [-0.15, -0.1) is 0 Å². The van der Waals surface area contributed by atoms with Gasteiger partial charge in [0.05, 0.1) is 23.5 Å². The van der Waals surface area contributed by atoms with Crippen molar-refractivity contribution in [2.75, 3.05) is 0 Å². The summed E-state index contributed by atoms with van der Waals surface area (Å²) in [5, 5.41) is 0. The molecule has 2 rings (SSSR count). The topological polar surface area (TPSA) is 48.1 Å². The van der Waals surface area contributed by atoms with Crippen LogP contribution in [0.5, 0.6) is 5.75 Å². The molecular weight excluding hydrogens is 255 g/mol. The lowest BCUT2D eigenvalue weighted by Crippen LogP contribution is -2.35. The molecule has 2 aromatic rings. The van der Waals surface area contributed by atoms with Crippen LogP contribution in [-0.4, -0.2) is 11.1 Å². The number of aromatic nitrogens is 1. The van der Waals surface area contributed by atoms with E-state index in [-0.39, 0.29) is 11.9 Å². The lowest BCUT2D eigenvalue weighted by atomic mass is 9.89. The van der Waals surface area contributed by atoms with E-state index in [0.717, 1.165) is 11.3 Å². The van der Waals surface area contributed by atoms with Crippen LogP contribution in [-0.2, 0) is 5.54 Å². The maximum absolute atomic E-state index is 12.9. The Labute approximate surface area is 118 Å². The van der Waals surface area contributed by atoms with E-state index in [1.807, 2.05) is 45.0 Å². The number of rotatable bonds is 4. The van der Waals surface area contributed by atoms with Gasteiger partial charge in [0.25, 0.3) is 0 Å². The van der Waals surface area contributed by atoms with Crippen molar-refractivity contribution < 1.29 is 9.13 Å². The minimum absolute atomic E-state index is 0.129. The number of nitrogens with two attached hydrogens (primary N) is 1. The van der Waals surface area contributed by atoms with Crippen LogP contribution in [0.2, 0.25) is 0 Å². The summed E-state index contributed by atoms with van der Waals surface area (Å²) < 4.78 is 18.5. The van der Waals surface area contributed by atoms with E-state index in [1.165, 1.54) is 12.3 Å². The molecule has 0 radical (unpaired) electrons. The van der Waals surface area contributed by atoms with Crippen LogP contribution in [0.3, 0.4) is 0 Å². The first-order valence-electron chi connectivity index (χ1n) is 6.57. The van der Waals surface area contributed by atoms with Gasteiger partial charge in [0.2, 0.25) is 0 Å². The standard InChI is InChI=1S/C16H19FN2O/c1-11(2)20-14-7-4-12(5-8-14)16(3,18)15-9-6-13(17)10-19-15/h4-11H,18H2,1-3H3. The van der Waals surface area contributed by atoms with Crippen LogP contribution in [0.15, 0.2) is 42.6 Å². The van der Waals surface area contributed by atoms with E-state index >= 15 is 0 Å². The predicted octanol–water partition coefficient (Wildman–Crippen LogP) is 3.23. The van der Waals surface area contributed by atoms with Crippen LogP contribution >= 0.6 is 0 Å². The molecule has 0 fully saturated rings. The summed E-state index contributed by atoms with van der Waals surface area (Å²) in [4.78, 5) is 4.07. The van der Waals surface area contributed by atoms with Gasteiger partial charge in [-0.1, -0.05) is 12.1 Å². The van der Waals surface area contributed by atoms with Crippen LogP contribution in [0, 0.1) is 5.82 Å². The van der Waals surface area contributed by atoms with Crippen molar-refractivity contribution in [3.05, 3.63) is 59.7 Å².